The maximum Gasteiger partial charge on any atom is 0.419 e. The van der Waals surface area contributed by atoms with Gasteiger partial charge in [0.2, 0.25) is 0 Å². The van der Waals surface area contributed by atoms with Gasteiger partial charge in [-0.05, 0) is 38.4 Å². The number of nitrogens with zero attached hydrogens (tertiary/aromatic N) is 2. The van der Waals surface area contributed by atoms with Gasteiger partial charge in [0.25, 0.3) is 5.91 Å². The van der Waals surface area contributed by atoms with E-state index >= 15 is 0 Å². The first-order chi connectivity index (χ1) is 13.0. The van der Waals surface area contributed by atoms with Gasteiger partial charge < -0.3 is 9.80 Å². The summed E-state index contributed by atoms with van der Waals surface area (Å²) in [5, 5.41) is 0. The first-order valence-electron chi connectivity index (χ1n) is 8.23. The molecule has 0 radical (unpaired) electrons. The second-order valence-electron chi connectivity index (χ2n) is 6.46. The molecule has 152 valence electrons. The van der Waals surface area contributed by atoms with E-state index in [1.807, 2.05) is 0 Å². The molecule has 1 amide bonds. The molecule has 0 saturated carbocycles. The molecule has 3 nitrogen and oxygen atoms in total. The summed E-state index contributed by atoms with van der Waals surface area (Å²) in [6.07, 6.45) is -4.96. The number of rotatable bonds is 6. The zero-order chi connectivity index (χ0) is 21.1. The molecule has 0 fully saturated rings. The number of halogens is 6. The van der Waals surface area contributed by atoms with Crippen LogP contribution < -0.4 is 0 Å². The van der Waals surface area contributed by atoms with E-state index in [0.717, 1.165) is 23.1 Å². The van der Waals surface area contributed by atoms with E-state index in [2.05, 4.69) is 0 Å². The number of hydrogen-bond acceptors (Lipinski definition) is 2. The second-order valence-corrected chi connectivity index (χ2v) is 6.46. The van der Waals surface area contributed by atoms with Crippen LogP contribution in [0.25, 0.3) is 0 Å². The van der Waals surface area contributed by atoms with Gasteiger partial charge in [-0.3, -0.25) is 4.79 Å². The maximum absolute atomic E-state index is 14.0. The number of carbonyl (C=O) groups excluding carboxylic acids is 1. The van der Waals surface area contributed by atoms with Crippen molar-refractivity contribution in [2.24, 2.45) is 0 Å². The fourth-order valence-electron chi connectivity index (χ4n) is 2.49. The molecule has 0 aliphatic carbocycles. The minimum atomic E-state index is -4.96. The van der Waals surface area contributed by atoms with E-state index in [1.165, 1.54) is 0 Å². The molecule has 0 heterocycles. The van der Waals surface area contributed by atoms with Gasteiger partial charge in [-0.1, -0.05) is 6.07 Å². The summed E-state index contributed by atoms with van der Waals surface area (Å²) in [5.74, 6) is -3.98. The predicted octanol–water partition coefficient (Wildman–Crippen LogP) is 4.33. The third kappa shape index (κ3) is 5.48. The van der Waals surface area contributed by atoms with Gasteiger partial charge in [0.1, 0.15) is 17.5 Å². The molecule has 0 atom stereocenters. The fourth-order valence-corrected chi connectivity index (χ4v) is 2.49. The number of carbonyl (C=O) groups is 1. The van der Waals surface area contributed by atoms with Gasteiger partial charge in [-0.25, -0.2) is 13.2 Å². The molecule has 2 rings (SSSR count). The minimum absolute atomic E-state index is 0.00617. The molecule has 0 spiro atoms. The molecule has 0 N–H and O–H groups in total. The van der Waals surface area contributed by atoms with E-state index in [9.17, 15) is 31.1 Å². The number of alkyl halides is 3. The Morgan fingerprint density at radius 1 is 0.929 bits per heavy atom. The van der Waals surface area contributed by atoms with Gasteiger partial charge in [-0.2, -0.15) is 13.2 Å². The van der Waals surface area contributed by atoms with Crippen LogP contribution in [0.2, 0.25) is 0 Å². The van der Waals surface area contributed by atoms with Crippen LogP contribution in [-0.2, 0) is 12.7 Å². The van der Waals surface area contributed by atoms with E-state index in [4.69, 9.17) is 0 Å². The Balaban J connectivity index is 2.36. The summed E-state index contributed by atoms with van der Waals surface area (Å²) < 4.78 is 79.3. The Morgan fingerprint density at radius 2 is 1.61 bits per heavy atom. The third-order valence-electron chi connectivity index (χ3n) is 4.00. The summed E-state index contributed by atoms with van der Waals surface area (Å²) in [4.78, 5) is 15.6. The highest BCUT2D eigenvalue weighted by Gasteiger charge is 2.35. The zero-order valence-corrected chi connectivity index (χ0v) is 15.2. The van der Waals surface area contributed by atoms with Gasteiger partial charge in [0, 0.05) is 36.8 Å². The summed E-state index contributed by atoms with van der Waals surface area (Å²) in [6.45, 7) is 0.140. The molecule has 0 aliphatic heterocycles. The molecule has 2 aromatic carbocycles. The van der Waals surface area contributed by atoms with Crippen molar-refractivity contribution >= 4 is 5.91 Å². The molecule has 0 saturated heterocycles. The Bertz CT molecular complexity index is 851. The first-order valence-corrected chi connectivity index (χ1v) is 8.23. The maximum atomic E-state index is 14.0. The molecule has 0 aromatic heterocycles. The smallest absolute Gasteiger partial charge is 0.333 e. The molecule has 2 aromatic rings. The summed E-state index contributed by atoms with van der Waals surface area (Å²) in [6, 6.07) is 4.78. The van der Waals surface area contributed by atoms with Crippen LogP contribution in [-0.4, -0.2) is 42.9 Å². The van der Waals surface area contributed by atoms with Gasteiger partial charge in [0.05, 0.1) is 5.56 Å². The van der Waals surface area contributed by atoms with E-state index in [0.29, 0.717) is 24.7 Å². The fraction of sp³-hybridized carbons (Fsp3) is 0.316. The van der Waals surface area contributed by atoms with Crippen molar-refractivity contribution in [1.82, 2.24) is 9.80 Å². The number of benzene rings is 2. The number of likely N-dealkylation sites (N-methyl/N-ethyl adjacent to an activating group) is 1. The Hall–Kier alpha value is -2.55. The molecular formula is C19H18F6N2O. The molecule has 28 heavy (non-hydrogen) atoms. The SMILES string of the molecule is CN(C)CCN(Cc1ccc(F)cc1F)C(=O)c1ccc(F)c(C(F)(F)F)c1. The van der Waals surface area contributed by atoms with Crippen molar-refractivity contribution in [2.45, 2.75) is 12.7 Å². The lowest BCUT2D eigenvalue weighted by molar-refractivity contribution is -0.140. The Morgan fingerprint density at radius 3 is 2.18 bits per heavy atom. The van der Waals surface area contributed by atoms with Crippen LogP contribution in [0.1, 0.15) is 21.5 Å². The van der Waals surface area contributed by atoms with Crippen LogP contribution in [0.5, 0.6) is 0 Å². The molecule has 9 heteroatoms. The van der Waals surface area contributed by atoms with Crippen LogP contribution in [0.15, 0.2) is 36.4 Å². The monoisotopic (exact) mass is 404 g/mol. The molecule has 0 bridgehead atoms. The highest BCUT2D eigenvalue weighted by Crippen LogP contribution is 2.32. The van der Waals surface area contributed by atoms with Crippen LogP contribution in [0.4, 0.5) is 26.3 Å². The topological polar surface area (TPSA) is 23.6 Å². The lowest BCUT2D eigenvalue weighted by Gasteiger charge is -2.25. The van der Waals surface area contributed by atoms with Crippen LogP contribution in [0.3, 0.4) is 0 Å². The van der Waals surface area contributed by atoms with Gasteiger partial charge >= 0.3 is 6.18 Å². The number of hydrogen-bond donors (Lipinski definition) is 0. The highest BCUT2D eigenvalue weighted by atomic mass is 19.4. The van der Waals surface area contributed by atoms with Crippen LogP contribution >= 0.6 is 0 Å². The van der Waals surface area contributed by atoms with Crippen molar-refractivity contribution in [2.75, 3.05) is 27.2 Å². The normalized spacial score (nSPS) is 11.8. The second kappa shape index (κ2) is 8.64. The van der Waals surface area contributed by atoms with Crippen molar-refractivity contribution < 1.29 is 31.1 Å². The number of amides is 1. The Kier molecular flexibility index (Phi) is 6.71. The third-order valence-corrected chi connectivity index (χ3v) is 4.00. The standard InChI is InChI=1S/C19H18F6N2O/c1-26(2)7-8-27(11-13-3-5-14(20)10-17(13)22)18(28)12-4-6-16(21)15(9-12)19(23,24)25/h3-6,9-10H,7-8,11H2,1-2H3. The van der Waals surface area contributed by atoms with Crippen molar-refractivity contribution in [3.63, 3.8) is 0 Å². The highest BCUT2D eigenvalue weighted by molar-refractivity contribution is 5.94. The van der Waals surface area contributed by atoms with Gasteiger partial charge in [-0.15, -0.1) is 0 Å². The first kappa shape index (κ1) is 21.7. The van der Waals surface area contributed by atoms with Crippen molar-refractivity contribution in [1.29, 1.82) is 0 Å². The van der Waals surface area contributed by atoms with E-state index in [1.54, 1.807) is 19.0 Å². The average molecular weight is 404 g/mol. The predicted molar refractivity (Wildman–Crippen MR) is 91.1 cm³/mol. The van der Waals surface area contributed by atoms with E-state index < -0.39 is 35.1 Å². The average Bonchev–Trinajstić information content (AvgIpc) is 2.59. The molecule has 0 unspecified atom stereocenters. The quantitative estimate of drug-likeness (QED) is 0.670. The lowest BCUT2D eigenvalue weighted by Crippen LogP contribution is -2.36. The minimum Gasteiger partial charge on any atom is -0.333 e. The van der Waals surface area contributed by atoms with Crippen LogP contribution in [0, 0.1) is 17.5 Å². The summed E-state index contributed by atoms with van der Waals surface area (Å²) in [5.41, 5.74) is -1.93. The van der Waals surface area contributed by atoms with Crippen molar-refractivity contribution in [3.8, 4) is 0 Å². The van der Waals surface area contributed by atoms with Gasteiger partial charge in [0.15, 0.2) is 0 Å². The molecule has 0 aliphatic rings. The Labute approximate surface area is 158 Å². The molecular weight excluding hydrogens is 386 g/mol. The van der Waals surface area contributed by atoms with E-state index in [-0.39, 0.29) is 24.2 Å². The largest absolute Gasteiger partial charge is 0.419 e. The summed E-state index contributed by atoms with van der Waals surface area (Å²) >= 11 is 0. The summed E-state index contributed by atoms with van der Waals surface area (Å²) in [7, 11) is 3.45. The van der Waals surface area contributed by atoms with Crippen molar-refractivity contribution in [3.05, 3.63) is 70.5 Å². The lowest BCUT2D eigenvalue weighted by atomic mass is 10.1. The zero-order valence-electron chi connectivity index (χ0n) is 15.2.